The molecule has 1 N–H and O–H groups in total. The number of ketones is 1. The summed E-state index contributed by atoms with van der Waals surface area (Å²) in [7, 11) is 0. The third-order valence-electron chi connectivity index (χ3n) is 3.27. The molecule has 0 saturated heterocycles. The first-order valence-corrected chi connectivity index (χ1v) is 6.58. The van der Waals surface area contributed by atoms with Gasteiger partial charge in [-0.15, -0.1) is 0 Å². The van der Waals surface area contributed by atoms with Gasteiger partial charge in [0.25, 0.3) is 0 Å². The lowest BCUT2D eigenvalue weighted by Crippen LogP contribution is -2.37. The summed E-state index contributed by atoms with van der Waals surface area (Å²) in [4.78, 5) is 28.5. The van der Waals surface area contributed by atoms with E-state index >= 15 is 0 Å². The van der Waals surface area contributed by atoms with Crippen molar-refractivity contribution in [1.82, 2.24) is 0 Å². The van der Waals surface area contributed by atoms with Crippen molar-refractivity contribution in [3.63, 3.8) is 0 Å². The summed E-state index contributed by atoms with van der Waals surface area (Å²) in [6.07, 6.45) is -1.03. The minimum atomic E-state index is -1.03. The highest BCUT2D eigenvalue weighted by Crippen LogP contribution is 2.35. The van der Waals surface area contributed by atoms with E-state index in [9.17, 15) is 9.59 Å². The zero-order valence-electron chi connectivity index (χ0n) is 11.4. The Hall–Kier alpha value is -2.86. The lowest BCUT2D eigenvalue weighted by molar-refractivity contribution is -0.139. The molecule has 0 aliphatic carbocycles. The van der Waals surface area contributed by atoms with Crippen molar-refractivity contribution in [2.24, 2.45) is 0 Å². The largest absolute Gasteiger partial charge is 0.484 e. The predicted octanol–water partition coefficient (Wildman–Crippen LogP) is 2.34. The van der Waals surface area contributed by atoms with Crippen molar-refractivity contribution in [3.05, 3.63) is 59.7 Å². The number of ether oxygens (including phenoxy) is 2. The van der Waals surface area contributed by atoms with E-state index in [1.165, 1.54) is 18.2 Å². The molecule has 0 aromatic heterocycles. The quantitative estimate of drug-likeness (QED) is 0.532. The van der Waals surface area contributed by atoms with Crippen LogP contribution in [0.15, 0.2) is 48.5 Å². The molecule has 1 aliphatic heterocycles. The van der Waals surface area contributed by atoms with E-state index in [1.54, 1.807) is 30.3 Å². The van der Waals surface area contributed by atoms with Crippen LogP contribution in [-0.4, -0.2) is 29.7 Å². The van der Waals surface area contributed by atoms with Gasteiger partial charge in [-0.05, 0) is 24.3 Å². The standard InChI is InChI=1S/C16H12O6/c17-14-11-7-4-8-12(22-19)15(11)20-9-13(14)21-16(18)10-5-2-1-3-6-10/h1-8,13,19H,9H2. The molecule has 6 nitrogen and oxygen atoms in total. The summed E-state index contributed by atoms with van der Waals surface area (Å²) in [5, 5.41) is 8.76. The van der Waals surface area contributed by atoms with Crippen molar-refractivity contribution < 1.29 is 29.2 Å². The summed E-state index contributed by atoms with van der Waals surface area (Å²) in [5.41, 5.74) is 0.553. The second-order valence-electron chi connectivity index (χ2n) is 4.66. The number of esters is 1. The first-order valence-electron chi connectivity index (χ1n) is 6.58. The molecule has 0 bridgehead atoms. The predicted molar refractivity (Wildman–Crippen MR) is 75.2 cm³/mol. The Labute approximate surface area is 125 Å². The molecule has 6 heteroatoms. The van der Waals surface area contributed by atoms with Crippen LogP contribution in [0.5, 0.6) is 11.5 Å². The maximum absolute atomic E-state index is 12.4. The van der Waals surface area contributed by atoms with E-state index in [2.05, 4.69) is 4.89 Å². The van der Waals surface area contributed by atoms with Crippen molar-refractivity contribution in [2.45, 2.75) is 6.10 Å². The van der Waals surface area contributed by atoms with Crippen LogP contribution in [0.3, 0.4) is 0 Å². The van der Waals surface area contributed by atoms with Gasteiger partial charge in [-0.3, -0.25) is 4.79 Å². The van der Waals surface area contributed by atoms with E-state index in [1.807, 2.05) is 0 Å². The van der Waals surface area contributed by atoms with Gasteiger partial charge in [0, 0.05) is 0 Å². The zero-order chi connectivity index (χ0) is 15.5. The van der Waals surface area contributed by atoms with Crippen LogP contribution >= 0.6 is 0 Å². The number of para-hydroxylation sites is 1. The fourth-order valence-electron chi connectivity index (χ4n) is 2.20. The summed E-state index contributed by atoms with van der Waals surface area (Å²) >= 11 is 0. The molecule has 1 atom stereocenters. The van der Waals surface area contributed by atoms with Crippen molar-refractivity contribution in [3.8, 4) is 11.5 Å². The number of hydrogen-bond acceptors (Lipinski definition) is 6. The molecule has 2 aromatic carbocycles. The van der Waals surface area contributed by atoms with Gasteiger partial charge in [-0.1, -0.05) is 24.3 Å². The number of rotatable bonds is 3. The topological polar surface area (TPSA) is 82.1 Å². The highest BCUT2D eigenvalue weighted by Gasteiger charge is 2.34. The van der Waals surface area contributed by atoms with E-state index in [-0.39, 0.29) is 23.7 Å². The monoisotopic (exact) mass is 300 g/mol. The Kier molecular flexibility index (Phi) is 3.76. The van der Waals surface area contributed by atoms with Crippen LogP contribution in [0.1, 0.15) is 20.7 Å². The smallest absolute Gasteiger partial charge is 0.338 e. The second-order valence-corrected chi connectivity index (χ2v) is 4.66. The average molecular weight is 300 g/mol. The van der Waals surface area contributed by atoms with Crippen LogP contribution in [0, 0.1) is 0 Å². The maximum Gasteiger partial charge on any atom is 0.338 e. The van der Waals surface area contributed by atoms with Gasteiger partial charge in [-0.2, -0.15) is 0 Å². The fourth-order valence-corrected chi connectivity index (χ4v) is 2.20. The van der Waals surface area contributed by atoms with E-state index in [4.69, 9.17) is 14.7 Å². The molecular formula is C16H12O6. The summed E-state index contributed by atoms with van der Waals surface area (Å²) in [5.74, 6) is -0.814. The molecule has 22 heavy (non-hydrogen) atoms. The van der Waals surface area contributed by atoms with Gasteiger partial charge < -0.3 is 14.4 Å². The minimum absolute atomic E-state index is 0.0404. The van der Waals surface area contributed by atoms with Crippen LogP contribution in [0.4, 0.5) is 0 Å². The van der Waals surface area contributed by atoms with Gasteiger partial charge >= 0.3 is 5.97 Å². The number of benzene rings is 2. The second kappa shape index (κ2) is 5.87. The third-order valence-corrected chi connectivity index (χ3v) is 3.27. The van der Waals surface area contributed by atoms with Gasteiger partial charge in [0.1, 0.15) is 6.61 Å². The zero-order valence-corrected chi connectivity index (χ0v) is 11.4. The molecule has 1 unspecified atom stereocenters. The number of Topliss-reactive ketones (excluding diaryl/α,β-unsaturated/α-hetero) is 1. The molecule has 1 aliphatic rings. The van der Waals surface area contributed by atoms with E-state index in [0.29, 0.717) is 5.56 Å². The normalized spacial score (nSPS) is 16.4. The summed E-state index contributed by atoms with van der Waals surface area (Å²) in [6, 6.07) is 12.9. The number of hydrogen-bond donors (Lipinski definition) is 1. The Morgan fingerprint density at radius 1 is 1.14 bits per heavy atom. The summed E-state index contributed by atoms with van der Waals surface area (Å²) < 4.78 is 10.6. The van der Waals surface area contributed by atoms with Crippen LogP contribution in [-0.2, 0) is 4.74 Å². The summed E-state index contributed by atoms with van der Waals surface area (Å²) in [6.45, 7) is -0.134. The minimum Gasteiger partial charge on any atom is -0.484 e. The fraction of sp³-hybridized carbons (Fsp3) is 0.125. The average Bonchev–Trinajstić information content (AvgIpc) is 2.57. The van der Waals surface area contributed by atoms with E-state index in [0.717, 1.165) is 0 Å². The molecule has 0 radical (unpaired) electrons. The van der Waals surface area contributed by atoms with Crippen LogP contribution in [0.2, 0.25) is 0 Å². The Morgan fingerprint density at radius 3 is 2.64 bits per heavy atom. The molecular weight excluding hydrogens is 288 g/mol. The van der Waals surface area contributed by atoms with Crippen molar-refractivity contribution in [1.29, 1.82) is 0 Å². The first-order chi connectivity index (χ1) is 10.7. The molecule has 2 aromatic rings. The lowest BCUT2D eigenvalue weighted by atomic mass is 10.0. The van der Waals surface area contributed by atoms with Gasteiger partial charge in [0.2, 0.25) is 11.5 Å². The van der Waals surface area contributed by atoms with Gasteiger partial charge in [-0.25, -0.2) is 10.1 Å². The number of carbonyl (C=O) groups is 2. The van der Waals surface area contributed by atoms with Crippen molar-refractivity contribution >= 4 is 11.8 Å². The highest BCUT2D eigenvalue weighted by atomic mass is 17.1. The van der Waals surface area contributed by atoms with Gasteiger partial charge in [0.15, 0.2) is 11.9 Å². The highest BCUT2D eigenvalue weighted by molar-refractivity contribution is 6.05. The number of carbonyl (C=O) groups excluding carboxylic acids is 2. The SMILES string of the molecule is O=C(OC1COc2c(OO)cccc2C1=O)c1ccccc1. The van der Waals surface area contributed by atoms with Crippen LogP contribution < -0.4 is 9.62 Å². The Balaban J connectivity index is 1.80. The molecule has 0 fully saturated rings. The maximum atomic E-state index is 12.4. The molecule has 1 heterocycles. The first kappa shape index (κ1) is 14.1. The molecule has 0 saturated carbocycles. The third kappa shape index (κ3) is 2.51. The van der Waals surface area contributed by atoms with Crippen LogP contribution in [0.25, 0.3) is 0 Å². The Bertz CT molecular complexity index is 710. The number of fused-ring (bicyclic) bond motifs is 1. The van der Waals surface area contributed by atoms with E-state index < -0.39 is 17.9 Å². The van der Waals surface area contributed by atoms with Crippen molar-refractivity contribution in [2.75, 3.05) is 6.61 Å². The molecule has 112 valence electrons. The molecule has 3 rings (SSSR count). The van der Waals surface area contributed by atoms with Gasteiger partial charge in [0.05, 0.1) is 11.1 Å². The molecule has 0 amide bonds. The molecule has 0 spiro atoms. The lowest BCUT2D eigenvalue weighted by Gasteiger charge is -2.24. The Morgan fingerprint density at radius 2 is 1.91 bits per heavy atom.